The second kappa shape index (κ2) is 3.73. The number of aromatic nitrogens is 3. The van der Waals surface area contributed by atoms with Gasteiger partial charge in [-0.2, -0.15) is 5.10 Å². The van der Waals surface area contributed by atoms with Gasteiger partial charge in [-0.1, -0.05) is 0 Å². The fourth-order valence-electron chi connectivity index (χ4n) is 1.62. The van der Waals surface area contributed by atoms with Crippen LogP contribution in [0.15, 0.2) is 24.5 Å². The molecule has 0 aliphatic rings. The number of rotatable bonds is 2. The molecule has 2 heterocycles. The van der Waals surface area contributed by atoms with Crippen LogP contribution in [0.1, 0.15) is 16.8 Å². The predicted molar refractivity (Wildman–Crippen MR) is 59.4 cm³/mol. The van der Waals surface area contributed by atoms with Gasteiger partial charge in [0.05, 0.1) is 6.20 Å². The van der Waals surface area contributed by atoms with Crippen molar-refractivity contribution in [2.45, 2.75) is 13.3 Å². The van der Waals surface area contributed by atoms with Crippen LogP contribution in [0.3, 0.4) is 0 Å². The van der Waals surface area contributed by atoms with Crippen molar-refractivity contribution < 1.29 is 0 Å². The molecular weight excluding hydrogens is 188 g/mol. The zero-order valence-electron chi connectivity index (χ0n) is 8.94. The molecule has 0 unspecified atom stereocenters. The van der Waals surface area contributed by atoms with Gasteiger partial charge in [-0.3, -0.25) is 4.68 Å². The normalized spacial score (nSPS) is 10.5. The standard InChI is InChI=1S/C11H14N4/c1-8-7-14-15(2)10(8)5-9-3-4-13-11(12)6-9/h3-4,6-7H,5H2,1-2H3,(H2,12,13). The van der Waals surface area contributed by atoms with E-state index in [0.29, 0.717) is 5.82 Å². The van der Waals surface area contributed by atoms with E-state index in [9.17, 15) is 0 Å². The van der Waals surface area contributed by atoms with E-state index in [1.54, 1.807) is 6.20 Å². The zero-order valence-corrected chi connectivity index (χ0v) is 8.94. The van der Waals surface area contributed by atoms with E-state index in [1.165, 1.54) is 11.3 Å². The quantitative estimate of drug-likeness (QED) is 0.798. The van der Waals surface area contributed by atoms with Gasteiger partial charge < -0.3 is 5.73 Å². The van der Waals surface area contributed by atoms with Gasteiger partial charge in [-0.25, -0.2) is 4.98 Å². The number of aryl methyl sites for hydroxylation is 2. The van der Waals surface area contributed by atoms with Gasteiger partial charge in [0.2, 0.25) is 0 Å². The highest BCUT2D eigenvalue weighted by molar-refractivity contribution is 5.34. The number of hydrogen-bond acceptors (Lipinski definition) is 3. The van der Waals surface area contributed by atoms with Crippen molar-refractivity contribution in [2.75, 3.05) is 5.73 Å². The van der Waals surface area contributed by atoms with Crippen molar-refractivity contribution in [3.8, 4) is 0 Å². The Bertz CT molecular complexity index is 454. The average Bonchev–Trinajstić information content (AvgIpc) is 2.50. The molecule has 0 spiro atoms. The van der Waals surface area contributed by atoms with Crippen LogP contribution < -0.4 is 5.73 Å². The molecule has 0 radical (unpaired) electrons. The molecule has 0 atom stereocenters. The maximum absolute atomic E-state index is 5.63. The Balaban J connectivity index is 2.29. The molecule has 0 bridgehead atoms. The van der Waals surface area contributed by atoms with Crippen LogP contribution in [-0.4, -0.2) is 14.8 Å². The minimum atomic E-state index is 0.562. The molecule has 2 N–H and O–H groups in total. The summed E-state index contributed by atoms with van der Waals surface area (Å²) in [5.74, 6) is 0.562. The first kappa shape index (κ1) is 9.71. The zero-order chi connectivity index (χ0) is 10.8. The summed E-state index contributed by atoms with van der Waals surface area (Å²) in [7, 11) is 1.95. The smallest absolute Gasteiger partial charge is 0.123 e. The van der Waals surface area contributed by atoms with Gasteiger partial charge in [0.25, 0.3) is 0 Å². The predicted octanol–water partition coefficient (Wildman–Crippen LogP) is 1.30. The minimum Gasteiger partial charge on any atom is -0.384 e. The number of hydrogen-bond donors (Lipinski definition) is 1. The highest BCUT2D eigenvalue weighted by Crippen LogP contribution is 2.13. The van der Waals surface area contributed by atoms with Gasteiger partial charge in [0.15, 0.2) is 0 Å². The van der Waals surface area contributed by atoms with Crippen LogP contribution in [0.5, 0.6) is 0 Å². The number of nitrogens with two attached hydrogens (primary N) is 1. The van der Waals surface area contributed by atoms with Gasteiger partial charge in [0, 0.05) is 25.4 Å². The Morgan fingerprint density at radius 1 is 1.47 bits per heavy atom. The van der Waals surface area contributed by atoms with E-state index in [2.05, 4.69) is 17.0 Å². The fraction of sp³-hybridized carbons (Fsp3) is 0.273. The molecular formula is C11H14N4. The first-order valence-corrected chi connectivity index (χ1v) is 4.84. The van der Waals surface area contributed by atoms with Crippen LogP contribution in [0.4, 0.5) is 5.82 Å². The van der Waals surface area contributed by atoms with Crippen LogP contribution in [-0.2, 0) is 13.5 Å². The van der Waals surface area contributed by atoms with Crippen molar-refractivity contribution >= 4 is 5.82 Å². The number of nitrogens with zero attached hydrogens (tertiary/aromatic N) is 3. The monoisotopic (exact) mass is 202 g/mol. The summed E-state index contributed by atoms with van der Waals surface area (Å²) in [6, 6.07) is 3.87. The van der Waals surface area contributed by atoms with E-state index < -0.39 is 0 Å². The summed E-state index contributed by atoms with van der Waals surface area (Å²) in [6.07, 6.45) is 4.45. The van der Waals surface area contributed by atoms with Crippen molar-refractivity contribution in [1.82, 2.24) is 14.8 Å². The third-order valence-electron chi connectivity index (χ3n) is 2.49. The van der Waals surface area contributed by atoms with Gasteiger partial charge in [-0.05, 0) is 30.2 Å². The SMILES string of the molecule is Cc1cnn(C)c1Cc1ccnc(N)c1. The van der Waals surface area contributed by atoms with Gasteiger partial charge in [0.1, 0.15) is 5.82 Å². The first-order valence-electron chi connectivity index (χ1n) is 4.84. The first-order chi connectivity index (χ1) is 7.16. The van der Waals surface area contributed by atoms with Gasteiger partial charge in [-0.15, -0.1) is 0 Å². The molecule has 2 aromatic heterocycles. The average molecular weight is 202 g/mol. The molecule has 4 heteroatoms. The van der Waals surface area contributed by atoms with Crippen molar-refractivity contribution in [2.24, 2.45) is 7.05 Å². The van der Waals surface area contributed by atoms with Crippen molar-refractivity contribution in [3.63, 3.8) is 0 Å². The highest BCUT2D eigenvalue weighted by atomic mass is 15.3. The Hall–Kier alpha value is -1.84. The molecule has 78 valence electrons. The van der Waals surface area contributed by atoms with Crippen LogP contribution in [0.25, 0.3) is 0 Å². The lowest BCUT2D eigenvalue weighted by Crippen LogP contribution is -2.01. The van der Waals surface area contributed by atoms with E-state index in [1.807, 2.05) is 30.1 Å². The highest BCUT2D eigenvalue weighted by Gasteiger charge is 2.05. The summed E-state index contributed by atoms with van der Waals surface area (Å²) in [4.78, 5) is 3.97. The Labute approximate surface area is 88.8 Å². The molecule has 2 rings (SSSR count). The number of anilines is 1. The maximum atomic E-state index is 5.63. The lowest BCUT2D eigenvalue weighted by atomic mass is 10.1. The second-order valence-corrected chi connectivity index (χ2v) is 3.66. The molecule has 0 aromatic carbocycles. The van der Waals surface area contributed by atoms with Crippen molar-refractivity contribution in [3.05, 3.63) is 41.3 Å². The molecule has 0 aliphatic heterocycles. The molecule has 0 aliphatic carbocycles. The second-order valence-electron chi connectivity index (χ2n) is 3.66. The third-order valence-corrected chi connectivity index (χ3v) is 2.49. The third kappa shape index (κ3) is 1.98. The van der Waals surface area contributed by atoms with E-state index in [0.717, 1.165) is 12.0 Å². The van der Waals surface area contributed by atoms with Gasteiger partial charge >= 0.3 is 0 Å². The lowest BCUT2D eigenvalue weighted by Gasteiger charge is -2.04. The summed E-state index contributed by atoms with van der Waals surface area (Å²) in [6.45, 7) is 2.06. The molecule has 2 aromatic rings. The van der Waals surface area contributed by atoms with E-state index >= 15 is 0 Å². The largest absolute Gasteiger partial charge is 0.384 e. The Morgan fingerprint density at radius 3 is 2.87 bits per heavy atom. The van der Waals surface area contributed by atoms with E-state index in [-0.39, 0.29) is 0 Å². The fourth-order valence-corrected chi connectivity index (χ4v) is 1.62. The molecule has 15 heavy (non-hydrogen) atoms. The summed E-state index contributed by atoms with van der Waals surface area (Å²) >= 11 is 0. The van der Waals surface area contributed by atoms with Crippen LogP contribution in [0, 0.1) is 6.92 Å². The Kier molecular flexibility index (Phi) is 2.41. The maximum Gasteiger partial charge on any atom is 0.123 e. The van der Waals surface area contributed by atoms with Crippen LogP contribution in [0.2, 0.25) is 0 Å². The molecule has 0 amide bonds. The van der Waals surface area contributed by atoms with E-state index in [4.69, 9.17) is 5.73 Å². The number of pyridine rings is 1. The molecule has 4 nitrogen and oxygen atoms in total. The minimum absolute atomic E-state index is 0.562. The lowest BCUT2D eigenvalue weighted by molar-refractivity contribution is 0.722. The molecule has 0 saturated carbocycles. The summed E-state index contributed by atoms with van der Waals surface area (Å²) < 4.78 is 1.89. The molecule has 0 saturated heterocycles. The summed E-state index contributed by atoms with van der Waals surface area (Å²) in [5, 5.41) is 4.20. The molecule has 0 fully saturated rings. The van der Waals surface area contributed by atoms with Crippen LogP contribution >= 0.6 is 0 Å². The Morgan fingerprint density at radius 2 is 2.27 bits per heavy atom. The summed E-state index contributed by atoms with van der Waals surface area (Å²) in [5.41, 5.74) is 9.20. The topological polar surface area (TPSA) is 56.7 Å². The van der Waals surface area contributed by atoms with Crippen molar-refractivity contribution in [1.29, 1.82) is 0 Å². The number of nitrogen functional groups attached to an aromatic ring is 1.